The Hall–Kier alpha value is -0.610. The fraction of sp³-hybridized carbons (Fsp3) is 0.938. The highest BCUT2D eigenvalue weighted by Crippen LogP contribution is 2.28. The van der Waals surface area contributed by atoms with Crippen molar-refractivity contribution in [3.63, 3.8) is 0 Å². The summed E-state index contributed by atoms with van der Waals surface area (Å²) in [5, 5.41) is 8.93. The van der Waals surface area contributed by atoms with E-state index in [0.717, 1.165) is 51.5 Å². The molecule has 0 aromatic rings. The van der Waals surface area contributed by atoms with Gasteiger partial charge in [-0.15, -0.1) is 0 Å². The van der Waals surface area contributed by atoms with E-state index in [4.69, 9.17) is 10.8 Å². The number of rotatable bonds is 6. The van der Waals surface area contributed by atoms with Gasteiger partial charge in [0.1, 0.15) is 0 Å². The van der Waals surface area contributed by atoms with Crippen LogP contribution in [0.5, 0.6) is 0 Å². The zero-order valence-electron chi connectivity index (χ0n) is 12.6. The van der Waals surface area contributed by atoms with Gasteiger partial charge >= 0.3 is 0 Å². The summed E-state index contributed by atoms with van der Waals surface area (Å²) >= 11 is 0. The van der Waals surface area contributed by atoms with Crippen LogP contribution in [0.2, 0.25) is 0 Å². The van der Waals surface area contributed by atoms with Crippen LogP contribution in [0.4, 0.5) is 0 Å². The molecule has 2 rings (SSSR count). The molecule has 3 atom stereocenters. The van der Waals surface area contributed by atoms with Crippen molar-refractivity contribution >= 4 is 5.91 Å². The van der Waals surface area contributed by atoms with Crippen LogP contribution in [0.3, 0.4) is 0 Å². The summed E-state index contributed by atoms with van der Waals surface area (Å²) in [7, 11) is 0. The van der Waals surface area contributed by atoms with Gasteiger partial charge in [-0.1, -0.05) is 12.8 Å². The molecule has 116 valence electrons. The Morgan fingerprint density at radius 3 is 2.80 bits per heavy atom. The lowest BCUT2D eigenvalue weighted by Crippen LogP contribution is -2.36. The first-order valence-corrected chi connectivity index (χ1v) is 8.36. The number of carbonyl (C=O) groups excluding carboxylic acids is 1. The van der Waals surface area contributed by atoms with Crippen LogP contribution in [0.15, 0.2) is 0 Å². The van der Waals surface area contributed by atoms with Gasteiger partial charge in [-0.2, -0.15) is 0 Å². The molecule has 0 bridgehead atoms. The number of hydrogen-bond donors (Lipinski definition) is 2. The summed E-state index contributed by atoms with van der Waals surface area (Å²) in [6, 6.07) is 0.733. The van der Waals surface area contributed by atoms with E-state index in [1.807, 2.05) is 0 Å². The molecule has 3 unspecified atom stereocenters. The normalized spacial score (nSPS) is 30.7. The molecule has 1 saturated carbocycles. The molecule has 0 radical (unpaired) electrons. The van der Waals surface area contributed by atoms with E-state index in [1.54, 1.807) is 0 Å². The Morgan fingerprint density at radius 2 is 2.05 bits per heavy atom. The lowest BCUT2D eigenvalue weighted by molar-refractivity contribution is -0.132. The fourth-order valence-corrected chi connectivity index (χ4v) is 3.86. The third-order valence-electron chi connectivity index (χ3n) is 4.98. The zero-order valence-corrected chi connectivity index (χ0v) is 12.6. The highest BCUT2D eigenvalue weighted by Gasteiger charge is 2.28. The second-order valence-corrected chi connectivity index (χ2v) is 6.58. The van der Waals surface area contributed by atoms with Gasteiger partial charge in [-0.25, -0.2) is 0 Å². The molecule has 2 fully saturated rings. The van der Waals surface area contributed by atoms with Gasteiger partial charge in [0.15, 0.2) is 0 Å². The quantitative estimate of drug-likeness (QED) is 0.783. The van der Waals surface area contributed by atoms with Gasteiger partial charge in [0.25, 0.3) is 0 Å². The van der Waals surface area contributed by atoms with Gasteiger partial charge in [0.05, 0.1) is 0 Å². The van der Waals surface area contributed by atoms with Crippen molar-refractivity contribution in [3.8, 4) is 0 Å². The standard InChI is InChI=1S/C16H30N2O2/c17-14-5-1-4-13(12-14)8-9-16(20)18-10-2-6-15(18)7-3-11-19/h13-15,19H,1-12,17H2. The molecule has 2 aliphatic rings. The molecule has 1 heterocycles. The molecule has 4 nitrogen and oxygen atoms in total. The molecule has 20 heavy (non-hydrogen) atoms. The van der Waals surface area contributed by atoms with Crippen molar-refractivity contribution in [2.45, 2.75) is 76.3 Å². The Balaban J connectivity index is 1.73. The van der Waals surface area contributed by atoms with Gasteiger partial charge in [-0.05, 0) is 50.9 Å². The third-order valence-corrected chi connectivity index (χ3v) is 4.98. The molecular weight excluding hydrogens is 252 g/mol. The Kier molecular flexibility index (Phi) is 6.30. The van der Waals surface area contributed by atoms with Crippen molar-refractivity contribution in [2.75, 3.05) is 13.2 Å². The lowest BCUT2D eigenvalue weighted by atomic mass is 9.83. The molecule has 1 saturated heterocycles. The maximum Gasteiger partial charge on any atom is 0.222 e. The van der Waals surface area contributed by atoms with E-state index in [9.17, 15) is 4.79 Å². The number of aliphatic hydroxyl groups is 1. The van der Waals surface area contributed by atoms with Crippen LogP contribution < -0.4 is 5.73 Å². The average Bonchev–Trinajstić information content (AvgIpc) is 2.91. The lowest BCUT2D eigenvalue weighted by Gasteiger charge is -2.28. The monoisotopic (exact) mass is 282 g/mol. The summed E-state index contributed by atoms with van der Waals surface area (Å²) in [6.07, 6.45) is 10.4. The predicted octanol–water partition coefficient (Wildman–Crippen LogP) is 2.05. The molecule has 4 heteroatoms. The van der Waals surface area contributed by atoms with E-state index < -0.39 is 0 Å². The van der Waals surface area contributed by atoms with Crippen molar-refractivity contribution < 1.29 is 9.90 Å². The molecule has 0 aromatic carbocycles. The van der Waals surface area contributed by atoms with E-state index in [-0.39, 0.29) is 6.61 Å². The van der Waals surface area contributed by atoms with E-state index >= 15 is 0 Å². The number of likely N-dealkylation sites (tertiary alicyclic amines) is 1. The Labute approximate surface area is 122 Å². The van der Waals surface area contributed by atoms with Crippen LogP contribution >= 0.6 is 0 Å². The predicted molar refractivity (Wildman–Crippen MR) is 80.2 cm³/mol. The van der Waals surface area contributed by atoms with Gasteiger partial charge in [0, 0.05) is 31.7 Å². The topological polar surface area (TPSA) is 66.6 Å². The Morgan fingerprint density at radius 1 is 1.20 bits per heavy atom. The first-order chi connectivity index (χ1) is 9.70. The van der Waals surface area contributed by atoms with Crippen molar-refractivity contribution in [3.05, 3.63) is 0 Å². The van der Waals surface area contributed by atoms with Crippen LogP contribution in [0.25, 0.3) is 0 Å². The molecule has 0 aromatic heterocycles. The van der Waals surface area contributed by atoms with Crippen LogP contribution in [0, 0.1) is 5.92 Å². The maximum absolute atomic E-state index is 12.4. The van der Waals surface area contributed by atoms with Gasteiger partial charge in [0.2, 0.25) is 5.91 Å². The van der Waals surface area contributed by atoms with Crippen molar-refractivity contribution in [1.29, 1.82) is 0 Å². The summed E-state index contributed by atoms with van der Waals surface area (Å²) < 4.78 is 0. The Bertz CT molecular complexity index is 309. The highest BCUT2D eigenvalue weighted by molar-refractivity contribution is 5.76. The second kappa shape index (κ2) is 7.99. The summed E-state index contributed by atoms with van der Waals surface area (Å²) in [5.74, 6) is 0.978. The summed E-state index contributed by atoms with van der Waals surface area (Å²) in [4.78, 5) is 14.4. The number of nitrogens with two attached hydrogens (primary N) is 1. The van der Waals surface area contributed by atoms with Crippen molar-refractivity contribution in [1.82, 2.24) is 4.90 Å². The van der Waals surface area contributed by atoms with Crippen LogP contribution in [-0.2, 0) is 4.79 Å². The second-order valence-electron chi connectivity index (χ2n) is 6.58. The first-order valence-electron chi connectivity index (χ1n) is 8.36. The smallest absolute Gasteiger partial charge is 0.222 e. The molecule has 0 spiro atoms. The largest absolute Gasteiger partial charge is 0.396 e. The third kappa shape index (κ3) is 4.45. The summed E-state index contributed by atoms with van der Waals surface area (Å²) in [5.41, 5.74) is 6.01. The minimum atomic E-state index is 0.235. The van der Waals surface area contributed by atoms with Gasteiger partial charge in [-0.3, -0.25) is 4.79 Å². The maximum atomic E-state index is 12.4. The van der Waals surface area contributed by atoms with Gasteiger partial charge < -0.3 is 15.7 Å². The molecule has 1 aliphatic heterocycles. The average molecular weight is 282 g/mol. The van der Waals surface area contributed by atoms with Crippen molar-refractivity contribution in [2.24, 2.45) is 11.7 Å². The minimum absolute atomic E-state index is 0.235. The molecule has 3 N–H and O–H groups in total. The highest BCUT2D eigenvalue weighted by atomic mass is 16.3. The molecule has 1 aliphatic carbocycles. The number of amides is 1. The minimum Gasteiger partial charge on any atom is -0.396 e. The first kappa shape index (κ1) is 15.8. The zero-order chi connectivity index (χ0) is 14.4. The number of aliphatic hydroxyl groups excluding tert-OH is 1. The van der Waals surface area contributed by atoms with E-state index in [1.165, 1.54) is 12.8 Å². The SMILES string of the molecule is NC1CCCC(CCC(=O)N2CCCC2CCCO)C1. The van der Waals surface area contributed by atoms with Crippen LogP contribution in [-0.4, -0.2) is 41.1 Å². The summed E-state index contributed by atoms with van der Waals surface area (Å²) in [6.45, 7) is 1.15. The van der Waals surface area contributed by atoms with Crippen LogP contribution in [0.1, 0.15) is 64.2 Å². The van der Waals surface area contributed by atoms with E-state index in [2.05, 4.69) is 4.90 Å². The molecular formula is C16H30N2O2. The number of carbonyl (C=O) groups is 1. The number of hydrogen-bond acceptors (Lipinski definition) is 3. The number of nitrogens with zero attached hydrogens (tertiary/aromatic N) is 1. The van der Waals surface area contributed by atoms with E-state index in [0.29, 0.717) is 30.3 Å². The fourth-order valence-electron chi connectivity index (χ4n) is 3.86. The molecule has 1 amide bonds.